The minimum atomic E-state index is -3.43. The smallest absolute Gasteiger partial charge is 0.211 e. The molecule has 0 aliphatic heterocycles. The molecule has 0 aromatic rings. The van der Waals surface area contributed by atoms with Crippen LogP contribution < -0.4 is 4.72 Å². The minimum absolute atomic E-state index is 0.182. The predicted molar refractivity (Wildman–Crippen MR) is 76.5 cm³/mol. The molecular weight excluding hydrogens is 246 g/mol. The van der Waals surface area contributed by atoms with E-state index in [0.29, 0.717) is 12.5 Å². The predicted octanol–water partition coefficient (Wildman–Crippen LogP) is 2.99. The normalized spacial score (nSPS) is 25.7. The molecule has 1 rings (SSSR count). The van der Waals surface area contributed by atoms with Gasteiger partial charge in [0.25, 0.3) is 0 Å². The Morgan fingerprint density at radius 2 is 1.89 bits per heavy atom. The van der Waals surface area contributed by atoms with Crippen LogP contribution in [0.4, 0.5) is 0 Å². The summed E-state index contributed by atoms with van der Waals surface area (Å²) >= 11 is 0. The summed E-state index contributed by atoms with van der Waals surface area (Å²) in [5, 5.41) is 0. The summed E-state index contributed by atoms with van der Waals surface area (Å²) in [7, 11) is -3.43. The van der Waals surface area contributed by atoms with Gasteiger partial charge in [0, 0.05) is 6.54 Å². The number of hydrogen-bond acceptors (Lipinski definition) is 2. The van der Waals surface area contributed by atoms with Crippen molar-refractivity contribution < 1.29 is 8.42 Å². The van der Waals surface area contributed by atoms with Gasteiger partial charge in [0.05, 0.1) is 4.91 Å². The van der Waals surface area contributed by atoms with Crippen LogP contribution in [-0.2, 0) is 10.0 Å². The van der Waals surface area contributed by atoms with Crippen LogP contribution in [0.1, 0.15) is 32.6 Å². The van der Waals surface area contributed by atoms with E-state index >= 15 is 0 Å². The van der Waals surface area contributed by atoms with Crippen LogP contribution in [0.25, 0.3) is 0 Å². The first-order valence-electron chi connectivity index (χ1n) is 6.44. The summed E-state index contributed by atoms with van der Waals surface area (Å²) in [5.41, 5.74) is 0. The Labute approximate surface area is 111 Å². The van der Waals surface area contributed by atoms with E-state index in [1.54, 1.807) is 0 Å². The molecule has 0 heterocycles. The fourth-order valence-electron chi connectivity index (χ4n) is 2.23. The Morgan fingerprint density at radius 1 is 1.28 bits per heavy atom. The molecule has 1 aliphatic rings. The second-order valence-corrected chi connectivity index (χ2v) is 6.75. The molecule has 0 spiro atoms. The molecule has 102 valence electrons. The Morgan fingerprint density at radius 3 is 2.39 bits per heavy atom. The first-order valence-corrected chi connectivity index (χ1v) is 7.92. The molecule has 0 aromatic carbocycles. The van der Waals surface area contributed by atoms with E-state index in [9.17, 15) is 8.42 Å². The number of rotatable bonds is 6. The van der Waals surface area contributed by atoms with Crippen molar-refractivity contribution in [1.29, 1.82) is 0 Å². The first kappa shape index (κ1) is 15.2. The standard InChI is InChI=1S/C14H23NO2S/c1-4-6-14(5-2)18(16,17)15-11-13-9-7-12(3)8-10-13/h4-6,12-13,15H,1-2,7-11H2,3H3/b14-6+. The molecule has 0 saturated heterocycles. The average Bonchev–Trinajstić information content (AvgIpc) is 2.35. The number of nitrogens with one attached hydrogen (secondary N) is 1. The molecule has 1 aliphatic carbocycles. The van der Waals surface area contributed by atoms with Gasteiger partial charge in [-0.05, 0) is 36.8 Å². The largest absolute Gasteiger partial charge is 0.240 e. The van der Waals surface area contributed by atoms with Crippen molar-refractivity contribution in [2.24, 2.45) is 11.8 Å². The van der Waals surface area contributed by atoms with Crippen LogP contribution in [-0.4, -0.2) is 15.0 Å². The van der Waals surface area contributed by atoms with Crippen molar-refractivity contribution in [1.82, 2.24) is 4.72 Å². The Kier molecular flexibility index (Phi) is 5.82. The highest BCUT2D eigenvalue weighted by atomic mass is 32.2. The van der Waals surface area contributed by atoms with Gasteiger partial charge >= 0.3 is 0 Å². The summed E-state index contributed by atoms with van der Waals surface area (Å²) in [6.07, 6.45) is 8.87. The lowest BCUT2D eigenvalue weighted by molar-refractivity contribution is 0.291. The van der Waals surface area contributed by atoms with E-state index in [1.165, 1.54) is 31.1 Å². The first-order chi connectivity index (χ1) is 8.49. The Bertz CT molecular complexity index is 415. The summed E-state index contributed by atoms with van der Waals surface area (Å²) in [6, 6.07) is 0. The maximum Gasteiger partial charge on any atom is 0.240 e. The van der Waals surface area contributed by atoms with E-state index < -0.39 is 10.0 Å². The third kappa shape index (κ3) is 4.42. The molecule has 1 N–H and O–H groups in total. The molecule has 0 unspecified atom stereocenters. The van der Waals surface area contributed by atoms with E-state index in [2.05, 4.69) is 24.8 Å². The molecule has 1 fully saturated rings. The molecule has 0 aromatic heterocycles. The molecule has 0 radical (unpaired) electrons. The highest BCUT2D eigenvalue weighted by Crippen LogP contribution is 2.27. The van der Waals surface area contributed by atoms with Crippen LogP contribution in [0, 0.1) is 11.8 Å². The van der Waals surface area contributed by atoms with Gasteiger partial charge in [0.1, 0.15) is 0 Å². The van der Waals surface area contributed by atoms with Gasteiger partial charge in [-0.25, -0.2) is 13.1 Å². The molecule has 4 heteroatoms. The van der Waals surface area contributed by atoms with Crippen molar-refractivity contribution in [3.63, 3.8) is 0 Å². The molecule has 0 atom stereocenters. The molecule has 1 saturated carbocycles. The Balaban J connectivity index is 2.54. The van der Waals surface area contributed by atoms with Gasteiger partial charge in [0.15, 0.2) is 0 Å². The zero-order valence-electron chi connectivity index (χ0n) is 11.1. The lowest BCUT2D eigenvalue weighted by Crippen LogP contribution is -2.31. The van der Waals surface area contributed by atoms with Crippen LogP contribution in [0.15, 0.2) is 36.3 Å². The van der Waals surface area contributed by atoms with Crippen LogP contribution >= 0.6 is 0 Å². The summed E-state index contributed by atoms with van der Waals surface area (Å²) in [6.45, 7) is 9.80. The molecule has 0 amide bonds. The van der Waals surface area contributed by atoms with Gasteiger partial charge in [-0.3, -0.25) is 0 Å². The zero-order valence-corrected chi connectivity index (χ0v) is 11.9. The molecule has 3 nitrogen and oxygen atoms in total. The lowest BCUT2D eigenvalue weighted by Gasteiger charge is -2.26. The van der Waals surface area contributed by atoms with Crippen molar-refractivity contribution in [3.8, 4) is 0 Å². The van der Waals surface area contributed by atoms with Crippen molar-refractivity contribution >= 4 is 10.0 Å². The average molecular weight is 269 g/mol. The van der Waals surface area contributed by atoms with Crippen molar-refractivity contribution in [2.45, 2.75) is 32.6 Å². The monoisotopic (exact) mass is 269 g/mol. The van der Waals surface area contributed by atoms with Crippen LogP contribution in [0.5, 0.6) is 0 Å². The number of hydrogen-bond donors (Lipinski definition) is 1. The van der Waals surface area contributed by atoms with E-state index in [1.807, 2.05) is 0 Å². The highest BCUT2D eigenvalue weighted by molar-refractivity contribution is 7.93. The van der Waals surface area contributed by atoms with Crippen LogP contribution in [0.2, 0.25) is 0 Å². The molecule has 0 bridgehead atoms. The highest BCUT2D eigenvalue weighted by Gasteiger charge is 2.21. The van der Waals surface area contributed by atoms with Gasteiger partial charge in [0.2, 0.25) is 10.0 Å². The zero-order chi connectivity index (χ0) is 13.6. The van der Waals surface area contributed by atoms with E-state index in [4.69, 9.17) is 0 Å². The van der Waals surface area contributed by atoms with Gasteiger partial charge in [-0.2, -0.15) is 0 Å². The topological polar surface area (TPSA) is 46.2 Å². The summed E-state index contributed by atoms with van der Waals surface area (Å²) in [5.74, 6) is 1.24. The fraction of sp³-hybridized carbons (Fsp3) is 0.571. The minimum Gasteiger partial charge on any atom is -0.211 e. The van der Waals surface area contributed by atoms with Gasteiger partial charge < -0.3 is 0 Å². The third-order valence-electron chi connectivity index (χ3n) is 3.49. The fourth-order valence-corrected chi connectivity index (χ4v) is 3.34. The number of sulfonamides is 1. The summed E-state index contributed by atoms with van der Waals surface area (Å²) in [4.78, 5) is 0.182. The van der Waals surface area contributed by atoms with Crippen LogP contribution in [0.3, 0.4) is 0 Å². The SMILES string of the molecule is C=C/C=C(\C=C)S(=O)(=O)NCC1CCC(C)CC1. The van der Waals surface area contributed by atoms with Crippen molar-refractivity contribution in [2.75, 3.05) is 6.54 Å². The third-order valence-corrected chi connectivity index (χ3v) is 4.96. The summed E-state index contributed by atoms with van der Waals surface area (Å²) < 4.78 is 26.6. The second kappa shape index (κ2) is 6.90. The van der Waals surface area contributed by atoms with Gasteiger partial charge in [-0.1, -0.05) is 39.0 Å². The molecule has 18 heavy (non-hydrogen) atoms. The number of allylic oxidation sites excluding steroid dienone is 3. The van der Waals surface area contributed by atoms with E-state index in [-0.39, 0.29) is 4.91 Å². The van der Waals surface area contributed by atoms with E-state index in [0.717, 1.165) is 18.8 Å². The second-order valence-electron chi connectivity index (χ2n) is 4.99. The quantitative estimate of drug-likeness (QED) is 0.753. The van der Waals surface area contributed by atoms with Gasteiger partial charge in [-0.15, -0.1) is 0 Å². The maximum absolute atomic E-state index is 12.0. The Hall–Kier alpha value is -0.870. The maximum atomic E-state index is 12.0. The lowest BCUT2D eigenvalue weighted by atomic mass is 9.83. The van der Waals surface area contributed by atoms with Crippen molar-refractivity contribution in [3.05, 3.63) is 36.3 Å². The molecular formula is C14H23NO2S.